The van der Waals surface area contributed by atoms with Crippen LogP contribution in [0.1, 0.15) is 37.1 Å². The third-order valence-electron chi connectivity index (χ3n) is 4.20. The van der Waals surface area contributed by atoms with E-state index < -0.39 is 5.60 Å². The van der Waals surface area contributed by atoms with Crippen LogP contribution >= 0.6 is 27.3 Å². The third-order valence-corrected chi connectivity index (χ3v) is 5.90. The smallest absolute Gasteiger partial charge is 0.0818 e. The number of halogens is 1. The molecule has 0 radical (unpaired) electrons. The summed E-state index contributed by atoms with van der Waals surface area (Å²) in [5.74, 6) is 0. The summed E-state index contributed by atoms with van der Waals surface area (Å²) in [6, 6.07) is 4.38. The van der Waals surface area contributed by atoms with Crippen molar-refractivity contribution >= 4 is 27.3 Å². The highest BCUT2D eigenvalue weighted by atomic mass is 79.9. The summed E-state index contributed by atoms with van der Waals surface area (Å²) >= 11 is 5.24. The van der Waals surface area contributed by atoms with E-state index in [0.29, 0.717) is 32.6 Å². The molecule has 1 saturated heterocycles. The maximum absolute atomic E-state index is 10.7. The number of thiophene rings is 1. The van der Waals surface area contributed by atoms with Gasteiger partial charge in [0, 0.05) is 43.5 Å². The Morgan fingerprint density at radius 2 is 2.14 bits per heavy atom. The number of rotatable bonds is 6. The van der Waals surface area contributed by atoms with E-state index >= 15 is 0 Å². The van der Waals surface area contributed by atoms with E-state index in [4.69, 9.17) is 10.5 Å². The van der Waals surface area contributed by atoms with E-state index in [-0.39, 0.29) is 12.1 Å². The minimum absolute atomic E-state index is 0.0593. The molecule has 1 aliphatic rings. The van der Waals surface area contributed by atoms with Gasteiger partial charge in [-0.1, -0.05) is 6.92 Å². The highest BCUT2D eigenvalue weighted by molar-refractivity contribution is 9.11. The second-order valence-electron chi connectivity index (χ2n) is 5.91. The van der Waals surface area contributed by atoms with Crippen molar-refractivity contribution in [3.8, 4) is 0 Å². The maximum Gasteiger partial charge on any atom is 0.0818 e. The Kier molecular flexibility index (Phi) is 6.23. The van der Waals surface area contributed by atoms with E-state index in [2.05, 4.69) is 46.9 Å². The first-order chi connectivity index (χ1) is 9.95. The molecular formula is C15H25BrN2O2S. The van der Waals surface area contributed by atoms with Crippen LogP contribution < -0.4 is 5.73 Å². The van der Waals surface area contributed by atoms with Gasteiger partial charge in [-0.05, 0) is 41.5 Å². The highest BCUT2D eigenvalue weighted by Gasteiger charge is 2.34. The van der Waals surface area contributed by atoms with Gasteiger partial charge in [-0.3, -0.25) is 4.90 Å². The first-order valence-electron chi connectivity index (χ1n) is 7.46. The fourth-order valence-electron chi connectivity index (χ4n) is 2.94. The number of hydrogen-bond acceptors (Lipinski definition) is 5. The zero-order valence-electron chi connectivity index (χ0n) is 12.7. The summed E-state index contributed by atoms with van der Waals surface area (Å²) in [5.41, 5.74) is 5.69. The second kappa shape index (κ2) is 7.53. The van der Waals surface area contributed by atoms with Crippen LogP contribution in [0.5, 0.6) is 0 Å². The quantitative estimate of drug-likeness (QED) is 0.801. The predicted octanol–water partition coefficient (Wildman–Crippen LogP) is 2.76. The lowest BCUT2D eigenvalue weighted by atomic mass is 9.92. The van der Waals surface area contributed by atoms with Crippen LogP contribution in [0, 0.1) is 0 Å². The molecule has 120 valence electrons. The van der Waals surface area contributed by atoms with Gasteiger partial charge in [-0.2, -0.15) is 0 Å². The molecule has 2 rings (SSSR count). The van der Waals surface area contributed by atoms with Crippen molar-refractivity contribution in [1.82, 2.24) is 4.90 Å². The molecule has 0 amide bonds. The molecule has 0 aromatic carbocycles. The average molecular weight is 377 g/mol. The van der Waals surface area contributed by atoms with Crippen molar-refractivity contribution in [1.29, 1.82) is 0 Å². The standard InChI is InChI=1S/C15H25BrN2O2S/c1-3-11(17)14(12-4-5-13(16)21-12)18(2)10-15(19)6-8-20-9-7-15/h4-5,11,14,19H,3,6-10,17H2,1-2H3. The molecule has 2 unspecified atom stereocenters. The zero-order valence-corrected chi connectivity index (χ0v) is 15.1. The summed E-state index contributed by atoms with van der Waals surface area (Å²) in [5, 5.41) is 10.7. The second-order valence-corrected chi connectivity index (χ2v) is 8.41. The topological polar surface area (TPSA) is 58.7 Å². The number of ether oxygens (including phenoxy) is 1. The van der Waals surface area contributed by atoms with Crippen molar-refractivity contribution in [2.75, 3.05) is 26.8 Å². The molecule has 1 aromatic rings. The first kappa shape index (κ1) is 17.4. The number of nitrogens with two attached hydrogens (primary N) is 1. The largest absolute Gasteiger partial charge is 0.388 e. The molecule has 0 aliphatic carbocycles. The molecule has 0 bridgehead atoms. The van der Waals surface area contributed by atoms with Gasteiger partial charge >= 0.3 is 0 Å². The lowest BCUT2D eigenvalue weighted by Crippen LogP contribution is -2.49. The van der Waals surface area contributed by atoms with Crippen molar-refractivity contribution in [2.24, 2.45) is 5.73 Å². The van der Waals surface area contributed by atoms with E-state index in [1.54, 1.807) is 11.3 Å². The van der Waals surface area contributed by atoms with Crippen LogP contribution in [0.2, 0.25) is 0 Å². The van der Waals surface area contributed by atoms with E-state index in [0.717, 1.165) is 10.2 Å². The first-order valence-corrected chi connectivity index (χ1v) is 9.07. The summed E-state index contributed by atoms with van der Waals surface area (Å²) in [6.07, 6.45) is 2.30. The van der Waals surface area contributed by atoms with Crippen LogP contribution in [0.25, 0.3) is 0 Å². The van der Waals surface area contributed by atoms with Crippen LogP contribution in [-0.2, 0) is 4.74 Å². The molecule has 0 saturated carbocycles. The Bertz CT molecular complexity index is 449. The lowest BCUT2D eigenvalue weighted by molar-refractivity contribution is -0.0825. The number of nitrogens with zero attached hydrogens (tertiary/aromatic N) is 1. The molecule has 1 aliphatic heterocycles. The minimum atomic E-state index is -0.660. The molecule has 1 aromatic heterocycles. The third kappa shape index (κ3) is 4.50. The molecular weight excluding hydrogens is 352 g/mol. The highest BCUT2D eigenvalue weighted by Crippen LogP contribution is 2.34. The van der Waals surface area contributed by atoms with Gasteiger partial charge in [0.05, 0.1) is 15.4 Å². The van der Waals surface area contributed by atoms with Crippen molar-refractivity contribution < 1.29 is 9.84 Å². The van der Waals surface area contributed by atoms with Crippen molar-refractivity contribution in [3.05, 3.63) is 20.8 Å². The Morgan fingerprint density at radius 1 is 1.48 bits per heavy atom. The van der Waals surface area contributed by atoms with E-state index in [1.165, 1.54) is 4.88 Å². The Morgan fingerprint density at radius 3 is 2.67 bits per heavy atom. The van der Waals surface area contributed by atoms with Gasteiger partial charge in [0.15, 0.2) is 0 Å². The number of hydrogen-bond donors (Lipinski definition) is 2. The SMILES string of the molecule is CCC(N)C(c1ccc(Br)s1)N(C)CC1(O)CCOCC1. The maximum atomic E-state index is 10.7. The van der Waals surface area contributed by atoms with E-state index in [9.17, 15) is 5.11 Å². The molecule has 21 heavy (non-hydrogen) atoms. The van der Waals surface area contributed by atoms with Gasteiger partial charge in [-0.15, -0.1) is 11.3 Å². The average Bonchev–Trinajstić information content (AvgIpc) is 2.85. The lowest BCUT2D eigenvalue weighted by Gasteiger charge is -2.39. The number of aliphatic hydroxyl groups is 1. The van der Waals surface area contributed by atoms with Crippen molar-refractivity contribution in [2.45, 2.75) is 43.9 Å². The summed E-state index contributed by atoms with van der Waals surface area (Å²) in [4.78, 5) is 3.45. The summed E-state index contributed by atoms with van der Waals surface area (Å²) in [7, 11) is 2.06. The van der Waals surface area contributed by atoms with Gasteiger partial charge in [0.1, 0.15) is 0 Å². The van der Waals surface area contributed by atoms with Gasteiger partial charge in [0.2, 0.25) is 0 Å². The molecule has 4 nitrogen and oxygen atoms in total. The molecule has 6 heteroatoms. The Balaban J connectivity index is 2.12. The normalized spacial score (nSPS) is 21.4. The van der Waals surface area contributed by atoms with Crippen LogP contribution in [0.4, 0.5) is 0 Å². The van der Waals surface area contributed by atoms with Crippen molar-refractivity contribution in [3.63, 3.8) is 0 Å². The van der Waals surface area contributed by atoms with E-state index in [1.807, 2.05) is 0 Å². The Labute approximate surface area is 139 Å². The molecule has 0 spiro atoms. The van der Waals surface area contributed by atoms with Gasteiger partial charge in [-0.25, -0.2) is 0 Å². The number of likely N-dealkylation sites (N-methyl/N-ethyl adjacent to an activating group) is 1. The molecule has 3 N–H and O–H groups in total. The molecule has 2 atom stereocenters. The zero-order chi connectivity index (χ0) is 15.5. The monoisotopic (exact) mass is 376 g/mol. The fourth-order valence-corrected chi connectivity index (χ4v) is 4.60. The fraction of sp³-hybridized carbons (Fsp3) is 0.733. The Hall–Kier alpha value is 0.0200. The molecule has 2 heterocycles. The minimum Gasteiger partial charge on any atom is -0.388 e. The van der Waals surface area contributed by atoms with Crippen LogP contribution in [0.15, 0.2) is 15.9 Å². The molecule has 1 fully saturated rings. The van der Waals surface area contributed by atoms with Crippen LogP contribution in [0.3, 0.4) is 0 Å². The summed E-state index contributed by atoms with van der Waals surface area (Å²) < 4.78 is 6.47. The predicted molar refractivity (Wildman–Crippen MR) is 90.7 cm³/mol. The van der Waals surface area contributed by atoms with Gasteiger partial charge < -0.3 is 15.6 Å². The summed E-state index contributed by atoms with van der Waals surface area (Å²) in [6.45, 7) is 4.01. The van der Waals surface area contributed by atoms with Crippen LogP contribution in [-0.4, -0.2) is 48.5 Å². The van der Waals surface area contributed by atoms with Gasteiger partial charge in [0.25, 0.3) is 0 Å².